The molecule has 0 saturated carbocycles. The van der Waals surface area contributed by atoms with Crippen molar-refractivity contribution >= 4 is 18.7 Å². The lowest BCUT2D eigenvalue weighted by Gasteiger charge is -2.45. The minimum Gasteiger partial charge on any atom is -0.401 e. The Balaban J connectivity index is 2.66. The van der Waals surface area contributed by atoms with Crippen LogP contribution in [0, 0.1) is 0 Å². The number of rotatable bonds is 7. The first-order chi connectivity index (χ1) is 11.8. The normalized spacial score (nSPS) is 14.8. The summed E-state index contributed by atoms with van der Waals surface area (Å²) < 4.78 is 6.90. The summed E-state index contributed by atoms with van der Waals surface area (Å²) in [6, 6.07) is 21.1. The number of aliphatic hydroxyl groups excluding tert-OH is 1. The highest BCUT2D eigenvalue weighted by atomic mass is 28.4. The van der Waals surface area contributed by atoms with Crippen LogP contribution in [0.2, 0.25) is 5.04 Å². The predicted octanol–water partition coefficient (Wildman–Crippen LogP) is 3.89. The molecule has 2 nitrogen and oxygen atoms in total. The third-order valence-electron chi connectivity index (χ3n) is 4.58. The van der Waals surface area contributed by atoms with Gasteiger partial charge < -0.3 is 9.53 Å². The van der Waals surface area contributed by atoms with E-state index in [1.54, 1.807) is 6.92 Å². The molecule has 0 heterocycles. The van der Waals surface area contributed by atoms with E-state index in [0.29, 0.717) is 6.42 Å². The van der Waals surface area contributed by atoms with E-state index in [-0.39, 0.29) is 11.1 Å². The zero-order chi connectivity index (χ0) is 18.5. The van der Waals surface area contributed by atoms with Crippen LogP contribution < -0.4 is 10.4 Å². The van der Waals surface area contributed by atoms with Crippen molar-refractivity contribution in [3.05, 3.63) is 73.3 Å². The maximum Gasteiger partial charge on any atom is 0.261 e. The second kappa shape index (κ2) is 8.13. The topological polar surface area (TPSA) is 29.5 Å². The van der Waals surface area contributed by atoms with Crippen molar-refractivity contribution in [3.63, 3.8) is 0 Å². The van der Waals surface area contributed by atoms with Gasteiger partial charge in [-0.1, -0.05) is 87.5 Å². The molecule has 0 saturated heterocycles. The van der Waals surface area contributed by atoms with Gasteiger partial charge in [0.15, 0.2) is 0 Å². The van der Waals surface area contributed by atoms with E-state index in [1.807, 2.05) is 18.2 Å². The Kier molecular flexibility index (Phi) is 6.39. The molecule has 0 fully saturated rings. The second-order valence-electron chi connectivity index (χ2n) is 7.64. The summed E-state index contributed by atoms with van der Waals surface area (Å²) in [7, 11) is -2.58. The summed E-state index contributed by atoms with van der Waals surface area (Å²) in [6.45, 7) is 12.5. The van der Waals surface area contributed by atoms with Crippen molar-refractivity contribution in [2.24, 2.45) is 0 Å². The molecule has 0 radical (unpaired) electrons. The standard InChI is InChI=1S/C22H30O2Si/c1-6-19(17-18(2)23)24-25(22(3,4)5,20-13-9-7-10-14-20)21-15-11-8-12-16-21/h6-16,18-19,23H,1,17H2,2-5H3/t18-,19-/m1/s1. The Morgan fingerprint density at radius 1 is 1.00 bits per heavy atom. The summed E-state index contributed by atoms with van der Waals surface area (Å²) in [6.07, 6.45) is 1.76. The van der Waals surface area contributed by atoms with Crippen LogP contribution in [0.4, 0.5) is 0 Å². The maximum absolute atomic E-state index is 9.88. The molecule has 3 heteroatoms. The van der Waals surface area contributed by atoms with Gasteiger partial charge in [0.25, 0.3) is 8.32 Å². The number of hydrogen-bond donors (Lipinski definition) is 1. The van der Waals surface area contributed by atoms with Crippen LogP contribution >= 0.6 is 0 Å². The average molecular weight is 355 g/mol. The van der Waals surface area contributed by atoms with Gasteiger partial charge in [-0.05, 0) is 22.3 Å². The van der Waals surface area contributed by atoms with Gasteiger partial charge in [-0.15, -0.1) is 6.58 Å². The van der Waals surface area contributed by atoms with E-state index in [0.717, 1.165) is 0 Å². The third-order valence-corrected chi connectivity index (χ3v) is 9.64. The maximum atomic E-state index is 9.88. The molecule has 134 valence electrons. The molecule has 0 aliphatic carbocycles. The van der Waals surface area contributed by atoms with Crippen LogP contribution in [0.3, 0.4) is 0 Å². The quantitative estimate of drug-likeness (QED) is 0.604. The fourth-order valence-corrected chi connectivity index (χ4v) is 8.11. The molecular formula is C22H30O2Si. The monoisotopic (exact) mass is 354 g/mol. The summed E-state index contributed by atoms with van der Waals surface area (Å²) in [4.78, 5) is 0. The molecule has 2 aromatic carbocycles. The molecule has 0 aromatic heterocycles. The van der Waals surface area contributed by atoms with E-state index in [2.05, 4.69) is 75.9 Å². The molecule has 0 spiro atoms. The number of aliphatic hydroxyl groups is 1. The smallest absolute Gasteiger partial charge is 0.261 e. The molecule has 2 aromatic rings. The molecule has 25 heavy (non-hydrogen) atoms. The molecule has 1 N–H and O–H groups in total. The molecular weight excluding hydrogens is 324 g/mol. The van der Waals surface area contributed by atoms with Crippen molar-refractivity contribution in [1.29, 1.82) is 0 Å². The van der Waals surface area contributed by atoms with E-state index in [4.69, 9.17) is 4.43 Å². The van der Waals surface area contributed by atoms with Crippen molar-refractivity contribution in [2.75, 3.05) is 0 Å². The van der Waals surface area contributed by atoms with Crippen LogP contribution in [0.15, 0.2) is 73.3 Å². The number of hydrogen-bond acceptors (Lipinski definition) is 2. The van der Waals surface area contributed by atoms with Gasteiger partial charge in [0, 0.05) is 6.42 Å². The van der Waals surface area contributed by atoms with Crippen LogP contribution in [-0.4, -0.2) is 25.6 Å². The zero-order valence-electron chi connectivity index (χ0n) is 15.8. The fourth-order valence-electron chi connectivity index (χ4n) is 3.45. The lowest BCUT2D eigenvalue weighted by Crippen LogP contribution is -2.67. The van der Waals surface area contributed by atoms with Gasteiger partial charge in [0.2, 0.25) is 0 Å². The minimum absolute atomic E-state index is 0.0737. The Hall–Kier alpha value is -1.68. The minimum atomic E-state index is -2.58. The summed E-state index contributed by atoms with van der Waals surface area (Å²) in [5.74, 6) is 0. The fraction of sp³-hybridized carbons (Fsp3) is 0.364. The Morgan fingerprint density at radius 2 is 1.44 bits per heavy atom. The van der Waals surface area contributed by atoms with Gasteiger partial charge in [-0.25, -0.2) is 0 Å². The van der Waals surface area contributed by atoms with Crippen molar-refractivity contribution in [2.45, 2.75) is 51.4 Å². The SMILES string of the molecule is C=C[C@H](C[C@@H](C)O)O[Si](c1ccccc1)(c1ccccc1)C(C)(C)C. The molecule has 2 atom stereocenters. The van der Waals surface area contributed by atoms with Crippen LogP contribution in [0.1, 0.15) is 34.1 Å². The zero-order valence-corrected chi connectivity index (χ0v) is 16.8. The first kappa shape index (κ1) is 19.6. The van der Waals surface area contributed by atoms with Gasteiger partial charge in [0.1, 0.15) is 0 Å². The first-order valence-electron chi connectivity index (χ1n) is 8.90. The molecule has 0 unspecified atom stereocenters. The lowest BCUT2D eigenvalue weighted by atomic mass is 10.2. The molecule has 0 aliphatic rings. The Labute approximate surface area is 153 Å². The van der Waals surface area contributed by atoms with Gasteiger partial charge in [0.05, 0.1) is 12.2 Å². The van der Waals surface area contributed by atoms with Gasteiger partial charge in [-0.2, -0.15) is 0 Å². The van der Waals surface area contributed by atoms with E-state index >= 15 is 0 Å². The largest absolute Gasteiger partial charge is 0.401 e. The van der Waals surface area contributed by atoms with Crippen LogP contribution in [0.25, 0.3) is 0 Å². The van der Waals surface area contributed by atoms with Crippen LogP contribution in [-0.2, 0) is 4.43 Å². The van der Waals surface area contributed by atoms with Crippen molar-refractivity contribution < 1.29 is 9.53 Å². The van der Waals surface area contributed by atoms with Crippen molar-refractivity contribution in [3.8, 4) is 0 Å². The highest BCUT2D eigenvalue weighted by Gasteiger charge is 2.51. The summed E-state index contributed by atoms with van der Waals surface area (Å²) >= 11 is 0. The van der Waals surface area contributed by atoms with E-state index in [1.165, 1.54) is 10.4 Å². The van der Waals surface area contributed by atoms with E-state index in [9.17, 15) is 5.11 Å². The second-order valence-corrected chi connectivity index (χ2v) is 11.9. The number of benzene rings is 2. The van der Waals surface area contributed by atoms with Crippen molar-refractivity contribution in [1.82, 2.24) is 0 Å². The molecule has 0 aliphatic heterocycles. The Morgan fingerprint density at radius 3 is 1.76 bits per heavy atom. The lowest BCUT2D eigenvalue weighted by molar-refractivity contribution is 0.123. The molecule has 0 amide bonds. The van der Waals surface area contributed by atoms with Gasteiger partial charge in [-0.3, -0.25) is 0 Å². The highest BCUT2D eigenvalue weighted by molar-refractivity contribution is 6.99. The molecule has 0 bridgehead atoms. The summed E-state index contributed by atoms with van der Waals surface area (Å²) in [5, 5.41) is 12.3. The predicted molar refractivity (Wildman–Crippen MR) is 109 cm³/mol. The van der Waals surface area contributed by atoms with Crippen LogP contribution in [0.5, 0.6) is 0 Å². The van der Waals surface area contributed by atoms with E-state index < -0.39 is 14.4 Å². The Bertz CT molecular complexity index is 620. The summed E-state index contributed by atoms with van der Waals surface area (Å²) in [5.41, 5.74) is 0. The molecule has 2 rings (SSSR count). The third kappa shape index (κ3) is 4.29. The average Bonchev–Trinajstić information content (AvgIpc) is 2.58. The first-order valence-corrected chi connectivity index (χ1v) is 10.8. The van der Waals surface area contributed by atoms with Gasteiger partial charge >= 0.3 is 0 Å². The highest BCUT2D eigenvalue weighted by Crippen LogP contribution is 2.38.